The Kier molecular flexibility index (Phi) is 3.11. The van der Waals surface area contributed by atoms with E-state index in [1.54, 1.807) is 0 Å². The first-order valence-electron chi connectivity index (χ1n) is 5.92. The number of hydrogen-bond acceptors (Lipinski definition) is 5. The van der Waals surface area contributed by atoms with Crippen LogP contribution in [-0.4, -0.2) is 21.0 Å². The Balaban J connectivity index is 2.31. The highest BCUT2D eigenvalue weighted by Gasteiger charge is 2.16. The third-order valence-corrected chi connectivity index (χ3v) is 3.90. The molecule has 0 aliphatic rings. The number of aromatic nitrogens is 1. The number of benzene rings is 1. The summed E-state index contributed by atoms with van der Waals surface area (Å²) in [5.41, 5.74) is 0.815. The Morgan fingerprint density at radius 3 is 2.71 bits per heavy atom. The van der Waals surface area contributed by atoms with Crippen LogP contribution in [0.1, 0.15) is 10.4 Å². The smallest absolute Gasteiger partial charge is 0.336 e. The van der Waals surface area contributed by atoms with Crippen molar-refractivity contribution in [1.29, 1.82) is 0 Å². The molecule has 1 aromatic carbocycles. The predicted octanol–water partition coefficient (Wildman–Crippen LogP) is 3.57. The van der Waals surface area contributed by atoms with Crippen molar-refractivity contribution < 1.29 is 14.8 Å². The first-order valence-corrected chi connectivity index (χ1v) is 6.80. The number of thiophene rings is 1. The van der Waals surface area contributed by atoms with Crippen molar-refractivity contribution >= 4 is 33.9 Å². The number of aromatic carboxylic acids is 1. The van der Waals surface area contributed by atoms with Crippen LogP contribution >= 0.6 is 11.3 Å². The normalized spacial score (nSPS) is 10.7. The second-order valence-corrected chi connectivity index (χ2v) is 5.24. The number of nitro groups is 1. The van der Waals surface area contributed by atoms with E-state index >= 15 is 0 Å². The number of carboxylic acid groups (broad SMARTS) is 1. The van der Waals surface area contributed by atoms with Crippen molar-refractivity contribution in [3.05, 3.63) is 57.5 Å². The quantitative estimate of drug-likeness (QED) is 0.589. The molecule has 1 N–H and O–H groups in total. The molecule has 3 rings (SSSR count). The standard InChI is InChI=1S/C14H8N2O4S/c17-14(18)10-7-12(13-2-1-5-21-13)15-11-4-3-8(16(19)20)6-9(10)11/h1-7H,(H,17,18). The molecule has 7 heteroatoms. The number of carbonyl (C=O) groups is 1. The van der Waals surface area contributed by atoms with Crippen molar-refractivity contribution in [1.82, 2.24) is 4.98 Å². The summed E-state index contributed by atoms with van der Waals surface area (Å²) in [6.07, 6.45) is 0. The molecule has 0 saturated heterocycles. The predicted molar refractivity (Wildman–Crippen MR) is 78.7 cm³/mol. The molecule has 0 unspecified atom stereocenters. The van der Waals surface area contributed by atoms with Crippen LogP contribution in [0.5, 0.6) is 0 Å². The molecule has 0 saturated carbocycles. The van der Waals surface area contributed by atoms with Crippen LogP contribution in [0.25, 0.3) is 21.5 Å². The Hall–Kier alpha value is -2.80. The molecule has 0 radical (unpaired) electrons. The molecule has 2 aromatic heterocycles. The third-order valence-electron chi connectivity index (χ3n) is 3.01. The largest absolute Gasteiger partial charge is 0.478 e. The van der Waals surface area contributed by atoms with Crippen molar-refractivity contribution in [2.45, 2.75) is 0 Å². The SMILES string of the molecule is O=C(O)c1cc(-c2cccs2)nc2ccc([N+](=O)[O-])cc12. The van der Waals surface area contributed by atoms with Gasteiger partial charge in [0.2, 0.25) is 0 Å². The average molecular weight is 300 g/mol. The number of fused-ring (bicyclic) bond motifs is 1. The lowest BCUT2D eigenvalue weighted by Gasteiger charge is -2.05. The second kappa shape index (κ2) is 4.95. The van der Waals surface area contributed by atoms with Gasteiger partial charge < -0.3 is 5.11 Å². The maximum atomic E-state index is 11.4. The molecule has 0 aliphatic carbocycles. The Morgan fingerprint density at radius 2 is 2.10 bits per heavy atom. The highest BCUT2D eigenvalue weighted by molar-refractivity contribution is 7.13. The Bertz CT molecular complexity index is 859. The molecule has 0 amide bonds. The second-order valence-electron chi connectivity index (χ2n) is 4.30. The van der Waals surface area contributed by atoms with E-state index in [9.17, 15) is 20.0 Å². The van der Waals surface area contributed by atoms with Gasteiger partial charge in [0, 0.05) is 17.5 Å². The molecule has 6 nitrogen and oxygen atoms in total. The van der Waals surface area contributed by atoms with Crippen LogP contribution in [0.15, 0.2) is 41.8 Å². The van der Waals surface area contributed by atoms with E-state index in [1.807, 2.05) is 17.5 Å². The summed E-state index contributed by atoms with van der Waals surface area (Å²) in [6, 6.07) is 9.17. The number of rotatable bonds is 3. The van der Waals surface area contributed by atoms with Gasteiger partial charge in [-0.25, -0.2) is 9.78 Å². The van der Waals surface area contributed by atoms with E-state index in [-0.39, 0.29) is 16.6 Å². The molecule has 3 aromatic rings. The number of carboxylic acids is 1. The minimum absolute atomic E-state index is 0.00657. The molecule has 0 spiro atoms. The fourth-order valence-corrected chi connectivity index (χ4v) is 2.74. The fraction of sp³-hybridized carbons (Fsp3) is 0. The summed E-state index contributed by atoms with van der Waals surface area (Å²) in [7, 11) is 0. The van der Waals surface area contributed by atoms with Crippen LogP contribution in [0.4, 0.5) is 5.69 Å². The highest BCUT2D eigenvalue weighted by atomic mass is 32.1. The van der Waals surface area contributed by atoms with Crippen LogP contribution in [0.3, 0.4) is 0 Å². The zero-order chi connectivity index (χ0) is 15.0. The molecule has 104 valence electrons. The average Bonchev–Trinajstić information content (AvgIpc) is 2.99. The van der Waals surface area contributed by atoms with Gasteiger partial charge in [0.25, 0.3) is 5.69 Å². The summed E-state index contributed by atoms with van der Waals surface area (Å²) >= 11 is 1.45. The number of nitrogens with zero attached hydrogens (tertiary/aromatic N) is 2. The summed E-state index contributed by atoms with van der Waals surface area (Å²) in [5, 5.41) is 22.3. The Morgan fingerprint density at radius 1 is 1.29 bits per heavy atom. The van der Waals surface area contributed by atoms with E-state index in [0.29, 0.717) is 11.2 Å². The summed E-state index contributed by atoms with van der Waals surface area (Å²) in [5.74, 6) is -1.14. The molecule has 21 heavy (non-hydrogen) atoms. The van der Waals surface area contributed by atoms with Gasteiger partial charge in [-0.05, 0) is 23.6 Å². The number of nitro benzene ring substituents is 1. The lowest BCUT2D eigenvalue weighted by molar-refractivity contribution is -0.384. The fourth-order valence-electron chi connectivity index (χ4n) is 2.05. The Labute approximate surface area is 122 Å². The number of pyridine rings is 1. The van der Waals surface area contributed by atoms with E-state index < -0.39 is 10.9 Å². The highest BCUT2D eigenvalue weighted by Crippen LogP contribution is 2.29. The van der Waals surface area contributed by atoms with Gasteiger partial charge in [-0.1, -0.05) is 6.07 Å². The first-order chi connectivity index (χ1) is 10.1. The molecule has 0 fully saturated rings. The first kappa shape index (κ1) is 13.2. The molecule has 0 bridgehead atoms. The van der Waals surface area contributed by atoms with Crippen molar-refractivity contribution in [2.24, 2.45) is 0 Å². The van der Waals surface area contributed by atoms with E-state index in [4.69, 9.17) is 0 Å². The number of hydrogen-bond donors (Lipinski definition) is 1. The van der Waals surface area contributed by atoms with Gasteiger partial charge in [0.15, 0.2) is 0 Å². The third kappa shape index (κ3) is 2.34. The molecule has 0 aliphatic heterocycles. The molecular formula is C14H8N2O4S. The lowest BCUT2D eigenvalue weighted by atomic mass is 10.1. The minimum atomic E-state index is -1.14. The van der Waals surface area contributed by atoms with Crippen molar-refractivity contribution in [3.8, 4) is 10.6 Å². The van der Waals surface area contributed by atoms with Gasteiger partial charge >= 0.3 is 5.97 Å². The van der Waals surface area contributed by atoms with E-state index in [0.717, 1.165) is 4.88 Å². The van der Waals surface area contributed by atoms with Crippen LogP contribution in [-0.2, 0) is 0 Å². The van der Waals surface area contributed by atoms with Crippen molar-refractivity contribution in [2.75, 3.05) is 0 Å². The van der Waals surface area contributed by atoms with E-state index in [1.165, 1.54) is 35.6 Å². The van der Waals surface area contributed by atoms with Crippen LogP contribution < -0.4 is 0 Å². The maximum Gasteiger partial charge on any atom is 0.336 e. The van der Waals surface area contributed by atoms with Gasteiger partial charge in [0.1, 0.15) is 0 Å². The lowest BCUT2D eigenvalue weighted by Crippen LogP contribution is -2.00. The maximum absolute atomic E-state index is 11.4. The minimum Gasteiger partial charge on any atom is -0.478 e. The molecular weight excluding hydrogens is 292 g/mol. The summed E-state index contributed by atoms with van der Waals surface area (Å²) < 4.78 is 0. The zero-order valence-electron chi connectivity index (χ0n) is 10.5. The van der Waals surface area contributed by atoms with Gasteiger partial charge in [-0.2, -0.15) is 0 Å². The molecule has 2 heterocycles. The number of non-ortho nitro benzene ring substituents is 1. The van der Waals surface area contributed by atoms with E-state index in [2.05, 4.69) is 4.98 Å². The summed E-state index contributed by atoms with van der Waals surface area (Å²) in [6.45, 7) is 0. The van der Waals surface area contributed by atoms with Crippen molar-refractivity contribution in [3.63, 3.8) is 0 Å². The zero-order valence-corrected chi connectivity index (χ0v) is 11.3. The topological polar surface area (TPSA) is 93.3 Å². The van der Waals surface area contributed by atoms with Gasteiger partial charge in [-0.3, -0.25) is 10.1 Å². The van der Waals surface area contributed by atoms with Crippen LogP contribution in [0.2, 0.25) is 0 Å². The van der Waals surface area contributed by atoms with Gasteiger partial charge in [-0.15, -0.1) is 11.3 Å². The molecule has 0 atom stereocenters. The summed E-state index contributed by atoms with van der Waals surface area (Å²) in [4.78, 5) is 26.9. The monoisotopic (exact) mass is 300 g/mol. The van der Waals surface area contributed by atoms with Crippen LogP contribution in [0, 0.1) is 10.1 Å². The van der Waals surface area contributed by atoms with Gasteiger partial charge in [0.05, 0.1) is 26.6 Å².